The third-order valence-corrected chi connectivity index (χ3v) is 4.07. The number of rotatable bonds is 5. The molecule has 0 aliphatic heterocycles. The fourth-order valence-electron chi connectivity index (χ4n) is 2.00. The summed E-state index contributed by atoms with van der Waals surface area (Å²) >= 11 is 1.58. The van der Waals surface area contributed by atoms with Crippen molar-refractivity contribution in [2.75, 3.05) is 7.05 Å². The Morgan fingerprint density at radius 2 is 2.00 bits per heavy atom. The number of benzene rings is 1. The van der Waals surface area contributed by atoms with E-state index in [0.717, 1.165) is 10.4 Å². The summed E-state index contributed by atoms with van der Waals surface area (Å²) in [6.45, 7) is 0.310. The van der Waals surface area contributed by atoms with Crippen LogP contribution in [0.4, 0.5) is 0 Å². The average Bonchev–Trinajstić information content (AvgIpc) is 3.20. The number of likely N-dealkylation sites (N-methyl/N-ethyl adjacent to an activating group) is 1. The monoisotopic (exact) mass is 313 g/mol. The van der Waals surface area contributed by atoms with Gasteiger partial charge in [-0.2, -0.15) is 0 Å². The fraction of sp³-hybridized carbons (Fsp3) is 0.188. The first kappa shape index (κ1) is 14.5. The van der Waals surface area contributed by atoms with E-state index in [9.17, 15) is 4.79 Å². The molecule has 0 spiro atoms. The lowest BCUT2D eigenvalue weighted by Crippen LogP contribution is -2.27. The van der Waals surface area contributed by atoms with E-state index in [2.05, 4.69) is 10.2 Å². The van der Waals surface area contributed by atoms with Gasteiger partial charge in [0, 0.05) is 17.5 Å². The standard InChI is InChI=1S/C16H15N3O2S/c1-19(15(20)10-13-8-5-9-22-13)11-14-17-18-16(21-14)12-6-3-2-4-7-12/h2-9H,10-11H2,1H3. The molecule has 2 aromatic heterocycles. The second kappa shape index (κ2) is 6.53. The maximum absolute atomic E-state index is 12.1. The molecule has 2 heterocycles. The Bertz CT molecular complexity index is 738. The highest BCUT2D eigenvalue weighted by atomic mass is 32.1. The van der Waals surface area contributed by atoms with Gasteiger partial charge in [0.1, 0.15) is 0 Å². The zero-order valence-electron chi connectivity index (χ0n) is 12.1. The second-order valence-electron chi connectivity index (χ2n) is 4.87. The first-order valence-corrected chi connectivity index (χ1v) is 7.74. The van der Waals surface area contributed by atoms with Gasteiger partial charge < -0.3 is 9.32 Å². The van der Waals surface area contributed by atoms with Gasteiger partial charge in [0.15, 0.2) is 0 Å². The van der Waals surface area contributed by atoms with Crippen molar-refractivity contribution in [3.8, 4) is 11.5 Å². The fourth-order valence-corrected chi connectivity index (χ4v) is 2.70. The van der Waals surface area contributed by atoms with E-state index in [4.69, 9.17) is 4.42 Å². The molecule has 0 atom stereocenters. The second-order valence-corrected chi connectivity index (χ2v) is 5.91. The van der Waals surface area contributed by atoms with Crippen molar-refractivity contribution in [3.63, 3.8) is 0 Å². The molecule has 0 aliphatic carbocycles. The zero-order valence-corrected chi connectivity index (χ0v) is 12.9. The molecule has 0 N–H and O–H groups in total. The van der Waals surface area contributed by atoms with Crippen LogP contribution in [0.5, 0.6) is 0 Å². The van der Waals surface area contributed by atoms with Gasteiger partial charge in [0.2, 0.25) is 17.7 Å². The van der Waals surface area contributed by atoms with Crippen molar-refractivity contribution in [3.05, 3.63) is 58.6 Å². The van der Waals surface area contributed by atoms with Crippen molar-refractivity contribution < 1.29 is 9.21 Å². The number of hydrogen-bond acceptors (Lipinski definition) is 5. The quantitative estimate of drug-likeness (QED) is 0.726. The number of hydrogen-bond donors (Lipinski definition) is 0. The van der Waals surface area contributed by atoms with Crippen LogP contribution in [-0.4, -0.2) is 28.1 Å². The van der Waals surface area contributed by atoms with Crippen LogP contribution in [0, 0.1) is 0 Å². The molecular weight excluding hydrogens is 298 g/mol. The molecule has 0 bridgehead atoms. The van der Waals surface area contributed by atoms with Crippen molar-refractivity contribution in [2.45, 2.75) is 13.0 Å². The largest absolute Gasteiger partial charge is 0.419 e. The molecule has 0 fully saturated rings. The summed E-state index contributed by atoms with van der Waals surface area (Å²) in [6.07, 6.45) is 0.397. The Morgan fingerprint density at radius 1 is 1.18 bits per heavy atom. The topological polar surface area (TPSA) is 59.2 Å². The molecule has 0 unspecified atom stereocenters. The highest BCUT2D eigenvalue weighted by Crippen LogP contribution is 2.18. The Labute approximate surface area is 132 Å². The van der Waals surface area contributed by atoms with Crippen LogP contribution in [0.1, 0.15) is 10.8 Å². The van der Waals surface area contributed by atoms with E-state index >= 15 is 0 Å². The van der Waals surface area contributed by atoms with Gasteiger partial charge in [0.05, 0.1) is 13.0 Å². The molecule has 3 rings (SSSR count). The van der Waals surface area contributed by atoms with Gasteiger partial charge in [-0.25, -0.2) is 0 Å². The van der Waals surface area contributed by atoms with Crippen LogP contribution in [0.3, 0.4) is 0 Å². The Kier molecular flexibility index (Phi) is 4.29. The molecule has 1 aromatic carbocycles. The van der Waals surface area contributed by atoms with E-state index in [-0.39, 0.29) is 5.91 Å². The molecule has 3 aromatic rings. The molecular formula is C16H15N3O2S. The van der Waals surface area contributed by atoms with Crippen LogP contribution in [0.25, 0.3) is 11.5 Å². The van der Waals surface area contributed by atoms with Crippen molar-refractivity contribution >= 4 is 17.2 Å². The van der Waals surface area contributed by atoms with E-state index in [1.807, 2.05) is 47.8 Å². The summed E-state index contributed by atoms with van der Waals surface area (Å²) in [4.78, 5) is 14.8. The van der Waals surface area contributed by atoms with E-state index < -0.39 is 0 Å². The molecule has 0 saturated heterocycles. The molecule has 0 radical (unpaired) electrons. The van der Waals surface area contributed by atoms with Crippen LogP contribution >= 0.6 is 11.3 Å². The van der Waals surface area contributed by atoms with Crippen LogP contribution in [0.15, 0.2) is 52.3 Å². The number of nitrogens with zero attached hydrogens (tertiary/aromatic N) is 3. The normalized spacial score (nSPS) is 10.6. The lowest BCUT2D eigenvalue weighted by atomic mass is 10.2. The molecule has 5 nitrogen and oxygen atoms in total. The lowest BCUT2D eigenvalue weighted by molar-refractivity contribution is -0.129. The molecule has 0 aliphatic rings. The number of aromatic nitrogens is 2. The minimum absolute atomic E-state index is 0.0295. The van der Waals surface area contributed by atoms with Gasteiger partial charge in [-0.05, 0) is 23.6 Å². The van der Waals surface area contributed by atoms with Gasteiger partial charge in [-0.1, -0.05) is 24.3 Å². The van der Waals surface area contributed by atoms with Gasteiger partial charge in [-0.3, -0.25) is 4.79 Å². The summed E-state index contributed by atoms with van der Waals surface area (Å²) < 4.78 is 5.61. The smallest absolute Gasteiger partial charge is 0.247 e. The molecule has 6 heteroatoms. The van der Waals surface area contributed by atoms with Crippen molar-refractivity contribution in [2.24, 2.45) is 0 Å². The highest BCUT2D eigenvalue weighted by molar-refractivity contribution is 7.10. The number of carbonyl (C=O) groups is 1. The highest BCUT2D eigenvalue weighted by Gasteiger charge is 2.15. The zero-order chi connectivity index (χ0) is 15.4. The summed E-state index contributed by atoms with van der Waals surface area (Å²) in [6, 6.07) is 13.5. The van der Waals surface area contributed by atoms with Gasteiger partial charge in [0.25, 0.3) is 0 Å². The van der Waals surface area contributed by atoms with E-state index in [0.29, 0.717) is 24.7 Å². The van der Waals surface area contributed by atoms with E-state index in [1.54, 1.807) is 23.3 Å². The number of carbonyl (C=O) groups excluding carboxylic acids is 1. The minimum Gasteiger partial charge on any atom is -0.419 e. The first-order chi connectivity index (χ1) is 10.7. The average molecular weight is 313 g/mol. The van der Waals surface area contributed by atoms with Crippen LogP contribution < -0.4 is 0 Å². The number of amides is 1. The SMILES string of the molecule is CN(Cc1nnc(-c2ccccc2)o1)C(=O)Cc1cccs1. The van der Waals surface area contributed by atoms with Gasteiger partial charge in [-0.15, -0.1) is 21.5 Å². The third kappa shape index (κ3) is 3.40. The summed E-state index contributed by atoms with van der Waals surface area (Å²) in [5, 5.41) is 9.99. The van der Waals surface area contributed by atoms with E-state index in [1.165, 1.54) is 0 Å². The molecule has 1 amide bonds. The van der Waals surface area contributed by atoms with Gasteiger partial charge >= 0.3 is 0 Å². The Hall–Kier alpha value is -2.47. The third-order valence-electron chi connectivity index (χ3n) is 3.19. The summed E-state index contributed by atoms with van der Waals surface area (Å²) in [5.74, 6) is 0.928. The molecule has 0 saturated carbocycles. The molecule has 112 valence electrons. The van der Waals surface area contributed by atoms with Crippen LogP contribution in [0.2, 0.25) is 0 Å². The van der Waals surface area contributed by atoms with Crippen molar-refractivity contribution in [1.82, 2.24) is 15.1 Å². The minimum atomic E-state index is 0.0295. The summed E-state index contributed by atoms with van der Waals surface area (Å²) in [5.41, 5.74) is 0.869. The first-order valence-electron chi connectivity index (χ1n) is 6.86. The predicted molar refractivity (Wildman–Crippen MR) is 84.2 cm³/mol. The number of thiophene rings is 1. The summed E-state index contributed by atoms with van der Waals surface area (Å²) in [7, 11) is 1.74. The maximum Gasteiger partial charge on any atom is 0.247 e. The Balaban J connectivity index is 1.63. The van der Waals surface area contributed by atoms with Crippen LogP contribution in [-0.2, 0) is 17.8 Å². The Morgan fingerprint density at radius 3 is 2.73 bits per heavy atom. The van der Waals surface area contributed by atoms with Crippen molar-refractivity contribution in [1.29, 1.82) is 0 Å². The lowest BCUT2D eigenvalue weighted by Gasteiger charge is -2.14. The predicted octanol–water partition coefficient (Wildman–Crippen LogP) is 3.00. The molecule has 22 heavy (non-hydrogen) atoms. The maximum atomic E-state index is 12.1.